The molecular formula is C16H22F2N4O3. The van der Waals surface area contributed by atoms with Crippen molar-refractivity contribution in [3.63, 3.8) is 0 Å². The van der Waals surface area contributed by atoms with Gasteiger partial charge >= 0.3 is 6.09 Å². The van der Waals surface area contributed by atoms with Gasteiger partial charge in [-0.3, -0.25) is 9.48 Å². The number of carbonyl (C=O) groups is 2. The Kier molecular flexibility index (Phi) is 5.19. The molecule has 1 aromatic heterocycles. The Hall–Kier alpha value is -2.19. The number of ether oxygens (including phenoxy) is 1. The van der Waals surface area contributed by atoms with Gasteiger partial charge in [0, 0.05) is 37.8 Å². The summed E-state index contributed by atoms with van der Waals surface area (Å²) in [5.41, 5.74) is 0.440. The van der Waals surface area contributed by atoms with Crippen molar-refractivity contribution in [2.75, 3.05) is 32.8 Å². The first-order valence-corrected chi connectivity index (χ1v) is 8.54. The van der Waals surface area contributed by atoms with Crippen molar-refractivity contribution < 1.29 is 23.1 Å². The second-order valence-corrected chi connectivity index (χ2v) is 6.29. The number of carbonyl (C=O) groups excluding carboxylic acids is 2. The van der Waals surface area contributed by atoms with Gasteiger partial charge in [0.15, 0.2) is 0 Å². The molecule has 7 nitrogen and oxygen atoms in total. The van der Waals surface area contributed by atoms with Crippen molar-refractivity contribution in [2.24, 2.45) is 0 Å². The van der Waals surface area contributed by atoms with Gasteiger partial charge in [-0.2, -0.15) is 5.10 Å². The monoisotopic (exact) mass is 356 g/mol. The first-order chi connectivity index (χ1) is 12.0. The third-order valence-corrected chi connectivity index (χ3v) is 4.49. The van der Waals surface area contributed by atoms with Crippen molar-refractivity contribution in [3.8, 4) is 0 Å². The molecule has 2 aliphatic rings. The summed E-state index contributed by atoms with van der Waals surface area (Å²) in [6, 6.07) is 1.41. The summed E-state index contributed by atoms with van der Waals surface area (Å²) in [4.78, 5) is 27.4. The van der Waals surface area contributed by atoms with Crippen LogP contribution in [-0.2, 0) is 16.1 Å². The number of piperazine rings is 1. The molecule has 25 heavy (non-hydrogen) atoms. The number of alkyl halides is 2. The molecule has 1 aromatic rings. The number of aromatic nitrogens is 2. The van der Waals surface area contributed by atoms with E-state index in [9.17, 15) is 18.4 Å². The van der Waals surface area contributed by atoms with Crippen molar-refractivity contribution in [2.45, 2.75) is 38.7 Å². The molecule has 2 fully saturated rings. The lowest BCUT2D eigenvalue weighted by molar-refractivity contribution is -0.133. The van der Waals surface area contributed by atoms with Crippen LogP contribution in [0.4, 0.5) is 13.6 Å². The maximum absolute atomic E-state index is 12.9. The van der Waals surface area contributed by atoms with Crippen molar-refractivity contribution in [1.82, 2.24) is 19.6 Å². The lowest BCUT2D eigenvalue weighted by Gasteiger charge is -2.34. The second kappa shape index (κ2) is 7.37. The second-order valence-electron chi connectivity index (χ2n) is 6.29. The molecule has 0 spiro atoms. The van der Waals surface area contributed by atoms with Crippen LogP contribution in [0.5, 0.6) is 0 Å². The van der Waals surface area contributed by atoms with E-state index < -0.39 is 6.43 Å². The minimum Gasteiger partial charge on any atom is -0.450 e. The summed E-state index contributed by atoms with van der Waals surface area (Å²) < 4.78 is 32.2. The number of nitrogens with zero attached hydrogens (tertiary/aromatic N) is 4. The van der Waals surface area contributed by atoms with Gasteiger partial charge in [0.25, 0.3) is 6.43 Å². The molecule has 0 atom stereocenters. The highest BCUT2D eigenvalue weighted by molar-refractivity contribution is 5.76. The molecule has 1 saturated heterocycles. The van der Waals surface area contributed by atoms with Gasteiger partial charge in [-0.05, 0) is 25.8 Å². The lowest BCUT2D eigenvalue weighted by Crippen LogP contribution is -2.51. The Balaban J connectivity index is 1.59. The Morgan fingerprint density at radius 2 is 1.88 bits per heavy atom. The molecule has 1 aliphatic heterocycles. The standard InChI is InChI=1S/C16H22F2N4O3/c1-2-25-16(24)21-7-5-20(6-8-21)14(23)10-22-13(11-3-4-11)9-12(19-22)15(17)18/h9,11,15H,2-8,10H2,1H3. The number of rotatable bonds is 5. The molecule has 1 saturated carbocycles. The molecule has 9 heteroatoms. The number of amides is 2. The van der Waals surface area contributed by atoms with Gasteiger partial charge in [0.2, 0.25) is 5.91 Å². The fourth-order valence-corrected chi connectivity index (χ4v) is 2.97. The Bertz CT molecular complexity index is 637. The maximum Gasteiger partial charge on any atom is 0.409 e. The van der Waals surface area contributed by atoms with Crippen molar-refractivity contribution >= 4 is 12.0 Å². The van der Waals surface area contributed by atoms with Crippen LogP contribution in [0.2, 0.25) is 0 Å². The lowest BCUT2D eigenvalue weighted by atomic mass is 10.2. The summed E-state index contributed by atoms with van der Waals surface area (Å²) in [5, 5.41) is 3.91. The van der Waals surface area contributed by atoms with Gasteiger partial charge in [0.1, 0.15) is 12.2 Å². The minimum absolute atomic E-state index is 0.0437. The molecule has 2 amide bonds. The minimum atomic E-state index is -2.64. The predicted octanol–water partition coefficient (Wildman–Crippen LogP) is 2.00. The van der Waals surface area contributed by atoms with Crippen molar-refractivity contribution in [3.05, 3.63) is 17.5 Å². The van der Waals surface area contributed by atoms with E-state index in [4.69, 9.17) is 4.74 Å². The summed E-state index contributed by atoms with van der Waals surface area (Å²) >= 11 is 0. The van der Waals surface area contributed by atoms with Crippen LogP contribution < -0.4 is 0 Å². The van der Waals surface area contributed by atoms with E-state index in [0.29, 0.717) is 38.5 Å². The average Bonchev–Trinajstić information content (AvgIpc) is 3.35. The van der Waals surface area contributed by atoms with E-state index in [1.807, 2.05) is 0 Å². The SMILES string of the molecule is CCOC(=O)N1CCN(C(=O)Cn2nc(C(F)F)cc2C2CC2)CC1. The summed E-state index contributed by atoms with van der Waals surface area (Å²) in [6.45, 7) is 3.63. The summed E-state index contributed by atoms with van der Waals surface area (Å²) in [6.07, 6.45) is -1.12. The van der Waals surface area contributed by atoms with Crippen LogP contribution in [0.25, 0.3) is 0 Å². The van der Waals surface area contributed by atoms with Crippen LogP contribution in [0, 0.1) is 0 Å². The van der Waals surface area contributed by atoms with Crippen LogP contribution in [0.1, 0.15) is 43.5 Å². The number of hydrogen-bond donors (Lipinski definition) is 0. The molecule has 0 aromatic carbocycles. The fourth-order valence-electron chi connectivity index (χ4n) is 2.97. The highest BCUT2D eigenvalue weighted by Gasteiger charge is 2.31. The Morgan fingerprint density at radius 3 is 2.44 bits per heavy atom. The molecule has 2 heterocycles. The zero-order valence-corrected chi connectivity index (χ0v) is 14.2. The molecular weight excluding hydrogens is 334 g/mol. The third kappa shape index (κ3) is 4.08. The topological polar surface area (TPSA) is 67.7 Å². The molecule has 138 valence electrons. The first-order valence-electron chi connectivity index (χ1n) is 8.54. The van der Waals surface area contributed by atoms with E-state index in [1.54, 1.807) is 16.7 Å². The molecule has 0 bridgehead atoms. The van der Waals surface area contributed by atoms with E-state index in [0.717, 1.165) is 12.8 Å². The van der Waals surface area contributed by atoms with Gasteiger partial charge < -0.3 is 14.5 Å². The van der Waals surface area contributed by atoms with E-state index in [-0.39, 0.29) is 30.2 Å². The van der Waals surface area contributed by atoms with Crippen LogP contribution in [0.15, 0.2) is 6.07 Å². The fraction of sp³-hybridized carbons (Fsp3) is 0.688. The maximum atomic E-state index is 12.9. The summed E-state index contributed by atoms with van der Waals surface area (Å²) in [7, 11) is 0. The van der Waals surface area contributed by atoms with Crippen molar-refractivity contribution in [1.29, 1.82) is 0 Å². The highest BCUT2D eigenvalue weighted by Crippen LogP contribution is 2.41. The van der Waals surface area contributed by atoms with Gasteiger partial charge in [-0.1, -0.05) is 0 Å². The smallest absolute Gasteiger partial charge is 0.409 e. The molecule has 0 N–H and O–H groups in total. The average molecular weight is 356 g/mol. The van der Waals surface area contributed by atoms with Gasteiger partial charge in [-0.15, -0.1) is 0 Å². The van der Waals surface area contributed by atoms with Crippen LogP contribution >= 0.6 is 0 Å². The molecule has 1 aliphatic carbocycles. The van der Waals surface area contributed by atoms with E-state index in [2.05, 4.69) is 5.10 Å². The van der Waals surface area contributed by atoms with Gasteiger partial charge in [0.05, 0.1) is 6.61 Å². The largest absolute Gasteiger partial charge is 0.450 e. The highest BCUT2D eigenvalue weighted by atomic mass is 19.3. The van der Waals surface area contributed by atoms with E-state index in [1.165, 1.54) is 10.7 Å². The van der Waals surface area contributed by atoms with Gasteiger partial charge in [-0.25, -0.2) is 13.6 Å². The number of halogens is 2. The Labute approximate surface area is 144 Å². The van der Waals surface area contributed by atoms with E-state index >= 15 is 0 Å². The first kappa shape index (κ1) is 17.6. The molecule has 0 radical (unpaired) electrons. The Morgan fingerprint density at radius 1 is 1.24 bits per heavy atom. The molecule has 0 unspecified atom stereocenters. The zero-order chi connectivity index (χ0) is 18.0. The summed E-state index contributed by atoms with van der Waals surface area (Å²) in [5.74, 6) is 0.0581. The predicted molar refractivity (Wildman–Crippen MR) is 84.3 cm³/mol. The normalized spacial score (nSPS) is 17.9. The van der Waals surface area contributed by atoms with Crippen LogP contribution in [-0.4, -0.2) is 64.4 Å². The third-order valence-electron chi connectivity index (χ3n) is 4.49. The zero-order valence-electron chi connectivity index (χ0n) is 14.2. The quantitative estimate of drug-likeness (QED) is 0.809. The molecule has 3 rings (SSSR count). The van der Waals surface area contributed by atoms with Crippen LogP contribution in [0.3, 0.4) is 0 Å². The number of hydrogen-bond acceptors (Lipinski definition) is 4.